The molecule has 0 saturated carbocycles. The van der Waals surface area contributed by atoms with Crippen molar-refractivity contribution in [2.75, 3.05) is 32.3 Å². The summed E-state index contributed by atoms with van der Waals surface area (Å²) in [4.78, 5) is 47.6. The number of hydrogen-bond donors (Lipinski definition) is 0. The van der Waals surface area contributed by atoms with E-state index in [2.05, 4.69) is 4.99 Å². The highest BCUT2D eigenvalue weighted by Gasteiger charge is 2.38. The first-order valence-electron chi connectivity index (χ1n) is 12.2. The smallest absolute Gasteiger partial charge is 0.338 e. The van der Waals surface area contributed by atoms with Crippen LogP contribution < -0.4 is 29.3 Å². The van der Waals surface area contributed by atoms with Gasteiger partial charge in [0.05, 0.1) is 43.4 Å². The highest BCUT2D eigenvalue weighted by molar-refractivity contribution is 7.07. The lowest BCUT2D eigenvalue weighted by atomic mass is 9.94. The van der Waals surface area contributed by atoms with Crippen molar-refractivity contribution in [3.8, 4) is 11.5 Å². The van der Waals surface area contributed by atoms with Gasteiger partial charge in [0.25, 0.3) is 11.5 Å². The van der Waals surface area contributed by atoms with Crippen LogP contribution in [0.2, 0.25) is 0 Å². The van der Waals surface area contributed by atoms with Crippen LogP contribution in [-0.2, 0) is 14.3 Å². The molecule has 3 aromatic rings. The number of hydrogen-bond acceptors (Lipinski definition) is 8. The first kappa shape index (κ1) is 25.5. The lowest BCUT2D eigenvalue weighted by Gasteiger charge is -2.26. The number of aromatic nitrogens is 1. The van der Waals surface area contributed by atoms with E-state index in [-0.39, 0.29) is 22.6 Å². The van der Waals surface area contributed by atoms with Crippen LogP contribution in [0.25, 0.3) is 5.57 Å². The molecule has 2 aromatic carbocycles. The number of amides is 1. The van der Waals surface area contributed by atoms with Crippen LogP contribution in [0.3, 0.4) is 0 Å². The summed E-state index contributed by atoms with van der Waals surface area (Å²) in [7, 11) is 3.06. The quantitative estimate of drug-likeness (QED) is 0.452. The second kappa shape index (κ2) is 9.94. The largest absolute Gasteiger partial charge is 0.497 e. The monoisotopic (exact) mass is 533 g/mol. The molecular formula is C28H27N3O6S. The highest BCUT2D eigenvalue weighted by atomic mass is 32.1. The number of thiazole rings is 1. The number of esters is 1. The Hall–Kier alpha value is -4.18. The molecule has 0 bridgehead atoms. The van der Waals surface area contributed by atoms with Gasteiger partial charge in [-0.25, -0.2) is 9.79 Å². The molecule has 9 nitrogen and oxygen atoms in total. The van der Waals surface area contributed by atoms with E-state index in [0.29, 0.717) is 45.2 Å². The fourth-order valence-electron chi connectivity index (χ4n) is 5.00. The molecule has 0 fully saturated rings. The summed E-state index contributed by atoms with van der Waals surface area (Å²) in [6.45, 7) is 5.94. The first-order chi connectivity index (χ1) is 18.4. The minimum atomic E-state index is -0.904. The van der Waals surface area contributed by atoms with E-state index in [9.17, 15) is 14.4 Å². The Bertz CT molecular complexity index is 1680. The zero-order chi connectivity index (χ0) is 27.1. The average molecular weight is 534 g/mol. The highest BCUT2D eigenvalue weighted by Crippen LogP contribution is 2.38. The fourth-order valence-corrected chi connectivity index (χ4v) is 6.14. The van der Waals surface area contributed by atoms with Crippen molar-refractivity contribution in [1.29, 1.82) is 0 Å². The van der Waals surface area contributed by atoms with E-state index < -0.39 is 17.6 Å². The van der Waals surface area contributed by atoms with Crippen molar-refractivity contribution < 1.29 is 23.8 Å². The number of nitrogens with zero attached hydrogens (tertiary/aromatic N) is 3. The van der Waals surface area contributed by atoms with Gasteiger partial charge >= 0.3 is 5.97 Å². The molecule has 0 spiro atoms. The van der Waals surface area contributed by atoms with Crippen molar-refractivity contribution in [1.82, 2.24) is 4.57 Å². The summed E-state index contributed by atoms with van der Waals surface area (Å²) in [6.07, 6.45) is 0. The maximum Gasteiger partial charge on any atom is 0.338 e. The van der Waals surface area contributed by atoms with Gasteiger partial charge in [-0.2, -0.15) is 0 Å². The van der Waals surface area contributed by atoms with Gasteiger partial charge in [-0.15, -0.1) is 0 Å². The zero-order valence-corrected chi connectivity index (χ0v) is 22.5. The summed E-state index contributed by atoms with van der Waals surface area (Å²) in [5.41, 5.74) is 2.54. The minimum Gasteiger partial charge on any atom is -0.497 e. The molecular weight excluding hydrogens is 506 g/mol. The van der Waals surface area contributed by atoms with E-state index in [0.717, 1.165) is 17.0 Å². The van der Waals surface area contributed by atoms with Crippen LogP contribution in [-0.4, -0.2) is 43.8 Å². The van der Waals surface area contributed by atoms with Gasteiger partial charge in [-0.3, -0.25) is 14.2 Å². The topological polar surface area (TPSA) is 99.4 Å². The number of likely N-dealkylation sites (N-methyl/N-ethyl adjacent to an activating group) is 1. The van der Waals surface area contributed by atoms with Crippen LogP contribution in [0, 0.1) is 0 Å². The molecule has 0 saturated heterocycles. The molecule has 1 aromatic heterocycles. The van der Waals surface area contributed by atoms with Crippen LogP contribution in [0.4, 0.5) is 5.69 Å². The number of anilines is 1. The normalized spacial score (nSPS) is 17.7. The number of para-hydroxylation sites is 1. The van der Waals surface area contributed by atoms with E-state index in [1.807, 2.05) is 31.2 Å². The molecule has 0 aliphatic carbocycles. The Labute approximate surface area is 222 Å². The molecule has 10 heteroatoms. The van der Waals surface area contributed by atoms with Crippen LogP contribution >= 0.6 is 11.3 Å². The van der Waals surface area contributed by atoms with E-state index in [4.69, 9.17) is 14.2 Å². The summed E-state index contributed by atoms with van der Waals surface area (Å²) in [5, 5.41) is 0. The number of methoxy groups -OCH3 is 2. The SMILES string of the molecule is CCOC(=O)C1=C(C)N=c2s/c(=C3/C(=O)N(CC)c4ccccc43)c(=O)n2[C@@H]1c1cc(OC)ccc1OC. The molecule has 5 rings (SSSR count). The van der Waals surface area contributed by atoms with Gasteiger partial charge in [-0.05, 0) is 45.0 Å². The lowest BCUT2D eigenvalue weighted by molar-refractivity contribution is -0.139. The third kappa shape index (κ3) is 3.83. The predicted octanol–water partition coefficient (Wildman–Crippen LogP) is 2.55. The van der Waals surface area contributed by atoms with E-state index in [1.165, 1.54) is 18.8 Å². The van der Waals surface area contributed by atoms with Crippen LogP contribution in [0.5, 0.6) is 11.5 Å². The maximum atomic E-state index is 14.2. The average Bonchev–Trinajstić information content (AvgIpc) is 3.39. The summed E-state index contributed by atoms with van der Waals surface area (Å²) < 4.78 is 18.2. The number of carbonyl (C=O) groups excluding carboxylic acids is 2. The van der Waals surface area contributed by atoms with Crippen molar-refractivity contribution in [3.05, 3.63) is 84.5 Å². The number of benzene rings is 2. The third-order valence-corrected chi connectivity index (χ3v) is 7.74. The summed E-state index contributed by atoms with van der Waals surface area (Å²) >= 11 is 1.13. The molecule has 0 unspecified atom stereocenters. The third-order valence-electron chi connectivity index (χ3n) is 6.69. The Balaban J connectivity index is 1.86. The molecule has 2 aliphatic heterocycles. The van der Waals surface area contributed by atoms with E-state index in [1.54, 1.807) is 36.9 Å². The Morgan fingerprint density at radius 1 is 1.08 bits per heavy atom. The van der Waals surface area contributed by atoms with Crippen molar-refractivity contribution in [2.45, 2.75) is 26.8 Å². The molecule has 196 valence electrons. The Morgan fingerprint density at radius 2 is 1.84 bits per heavy atom. The molecule has 1 amide bonds. The number of allylic oxidation sites excluding steroid dienone is 1. The van der Waals surface area contributed by atoms with Crippen LogP contribution in [0.15, 0.2) is 63.5 Å². The zero-order valence-electron chi connectivity index (χ0n) is 21.7. The number of fused-ring (bicyclic) bond motifs is 2. The van der Waals surface area contributed by atoms with Crippen molar-refractivity contribution in [2.24, 2.45) is 4.99 Å². The van der Waals surface area contributed by atoms with Crippen molar-refractivity contribution >= 4 is 34.5 Å². The Morgan fingerprint density at radius 3 is 2.53 bits per heavy atom. The predicted molar refractivity (Wildman–Crippen MR) is 143 cm³/mol. The molecule has 38 heavy (non-hydrogen) atoms. The van der Waals surface area contributed by atoms with Gasteiger partial charge in [0.1, 0.15) is 22.1 Å². The fraction of sp³-hybridized carbons (Fsp3) is 0.286. The van der Waals surface area contributed by atoms with Crippen molar-refractivity contribution in [3.63, 3.8) is 0 Å². The van der Waals surface area contributed by atoms with Crippen LogP contribution in [0.1, 0.15) is 37.9 Å². The summed E-state index contributed by atoms with van der Waals surface area (Å²) in [5.74, 6) is 0.170. The number of carbonyl (C=O) groups is 2. The second-order valence-electron chi connectivity index (χ2n) is 8.67. The molecule has 0 N–H and O–H groups in total. The van der Waals surface area contributed by atoms with Gasteiger partial charge in [0.2, 0.25) is 0 Å². The molecule has 0 radical (unpaired) electrons. The Kier molecular flexibility index (Phi) is 6.66. The molecule has 3 heterocycles. The maximum absolute atomic E-state index is 14.2. The minimum absolute atomic E-state index is 0.157. The van der Waals surface area contributed by atoms with E-state index >= 15 is 0 Å². The number of ether oxygens (including phenoxy) is 3. The van der Waals surface area contributed by atoms with Gasteiger partial charge in [0.15, 0.2) is 4.80 Å². The van der Waals surface area contributed by atoms with Gasteiger partial charge in [-0.1, -0.05) is 29.5 Å². The molecule has 2 aliphatic rings. The standard InChI is InChI=1S/C28H27N3O6S/c1-6-30-19-11-9-8-10-17(19)22(25(30)32)24-26(33)31-23(18-14-16(35-4)12-13-20(18)36-5)21(27(34)37-7-2)15(3)29-28(31)38-24/h8-14,23H,6-7H2,1-5H3/b24-22+/t23-/m1/s1. The lowest BCUT2D eigenvalue weighted by Crippen LogP contribution is -2.41. The first-order valence-corrected chi connectivity index (χ1v) is 13.0. The number of rotatable bonds is 6. The molecule has 1 atom stereocenters. The van der Waals surface area contributed by atoms with Gasteiger partial charge in [0, 0.05) is 17.7 Å². The second-order valence-corrected chi connectivity index (χ2v) is 9.65. The summed E-state index contributed by atoms with van der Waals surface area (Å²) in [6, 6.07) is 11.7. The van der Waals surface area contributed by atoms with Gasteiger partial charge < -0.3 is 19.1 Å².